The molecule has 4 aliphatic carbocycles. The summed E-state index contributed by atoms with van der Waals surface area (Å²) in [6.45, 7) is 10.6. The number of hydrogen-bond acceptors (Lipinski definition) is 5. The van der Waals surface area contributed by atoms with Crippen LogP contribution in [0.3, 0.4) is 0 Å². The fraction of sp³-hybridized carbons (Fsp3) is 1.00. The van der Waals surface area contributed by atoms with E-state index in [-0.39, 0.29) is 17.3 Å². The lowest BCUT2D eigenvalue weighted by atomic mass is 9.44. The van der Waals surface area contributed by atoms with Crippen LogP contribution in [0.4, 0.5) is 0 Å². The number of hydrogen-bond donors (Lipinski definition) is 1. The summed E-state index contributed by atoms with van der Waals surface area (Å²) in [4.78, 5) is 0. The normalized spacial score (nSPS) is 57.0. The molecule has 6 aliphatic rings. The molecule has 2 saturated heterocycles. The maximum Gasteiger partial charge on any atom is 0.397 e. The maximum atomic E-state index is 11.3. The van der Waals surface area contributed by atoms with Gasteiger partial charge in [-0.05, 0) is 104 Å². The molecule has 6 nitrogen and oxygen atoms in total. The second kappa shape index (κ2) is 7.89. The van der Waals surface area contributed by atoms with Crippen molar-refractivity contribution < 1.29 is 26.6 Å². The fourth-order valence-electron chi connectivity index (χ4n) is 10.5. The summed E-state index contributed by atoms with van der Waals surface area (Å²) in [6.07, 6.45) is 10.8. The van der Waals surface area contributed by atoms with Crippen LogP contribution in [0.15, 0.2) is 0 Å². The molecule has 194 valence electrons. The Labute approximate surface area is 205 Å². The molecular weight excluding hydrogens is 452 g/mol. The molecule has 6 unspecified atom stereocenters. The maximum absolute atomic E-state index is 11.3. The summed E-state index contributed by atoms with van der Waals surface area (Å²) in [5.74, 6) is 3.97. The molecule has 2 aliphatic heterocycles. The van der Waals surface area contributed by atoms with E-state index in [1.165, 1.54) is 32.1 Å². The first-order chi connectivity index (χ1) is 16.0. The summed E-state index contributed by atoms with van der Waals surface area (Å²) in [7, 11) is -4.38. The molecular formula is C27H44O6S. The van der Waals surface area contributed by atoms with Crippen LogP contribution in [0, 0.1) is 52.3 Å². The molecule has 1 spiro atoms. The van der Waals surface area contributed by atoms with Crippen LogP contribution in [-0.4, -0.2) is 37.6 Å². The first-order valence-electron chi connectivity index (χ1n) is 13.9. The van der Waals surface area contributed by atoms with E-state index in [0.717, 1.165) is 44.6 Å². The molecule has 6 rings (SSSR count). The summed E-state index contributed by atoms with van der Waals surface area (Å²) >= 11 is 0. The van der Waals surface area contributed by atoms with E-state index in [4.69, 9.17) is 13.7 Å². The fourth-order valence-corrected chi connectivity index (χ4v) is 11.0. The molecule has 34 heavy (non-hydrogen) atoms. The minimum absolute atomic E-state index is 0.247. The summed E-state index contributed by atoms with van der Waals surface area (Å²) < 4.78 is 50.1. The number of ether oxygens (including phenoxy) is 2. The van der Waals surface area contributed by atoms with Crippen molar-refractivity contribution in [3.05, 3.63) is 0 Å². The number of rotatable bonds is 2. The zero-order valence-electron chi connectivity index (χ0n) is 21.4. The van der Waals surface area contributed by atoms with Gasteiger partial charge in [-0.25, -0.2) is 4.18 Å². The van der Waals surface area contributed by atoms with E-state index in [1.54, 1.807) is 0 Å². The van der Waals surface area contributed by atoms with Crippen LogP contribution < -0.4 is 0 Å². The molecule has 0 aromatic heterocycles. The van der Waals surface area contributed by atoms with Gasteiger partial charge >= 0.3 is 10.4 Å². The minimum Gasteiger partial charge on any atom is -0.349 e. The predicted molar refractivity (Wildman–Crippen MR) is 128 cm³/mol. The summed E-state index contributed by atoms with van der Waals surface area (Å²) in [5.41, 5.74) is 0.576. The third-order valence-corrected chi connectivity index (χ3v) is 12.7. The standard InChI is InChI=1S/C27H44O6S/c1-16-7-12-27(31-15-16)17(2)24-23(32-27)14-22-20-6-5-18-13-19(33-34(28,29)30)8-10-25(18,3)21(20)9-11-26(22,24)4/h16-24H,5-15H2,1-4H3,(H,28,29,30)/t16-,17-,18?,19-,20?,21?,22?,23?,24?,25-,26-,27+/m0/s1. The van der Waals surface area contributed by atoms with Gasteiger partial charge in [0.05, 0.1) is 18.8 Å². The monoisotopic (exact) mass is 496 g/mol. The molecule has 0 amide bonds. The Morgan fingerprint density at radius 2 is 1.68 bits per heavy atom. The quantitative estimate of drug-likeness (QED) is 0.500. The highest BCUT2D eigenvalue weighted by atomic mass is 32.3. The molecule has 7 heteroatoms. The van der Waals surface area contributed by atoms with Crippen molar-refractivity contribution in [3.8, 4) is 0 Å². The molecule has 0 aromatic rings. The van der Waals surface area contributed by atoms with Gasteiger partial charge in [0.25, 0.3) is 0 Å². The Morgan fingerprint density at radius 3 is 2.38 bits per heavy atom. The van der Waals surface area contributed by atoms with Gasteiger partial charge in [-0.2, -0.15) is 8.42 Å². The van der Waals surface area contributed by atoms with E-state index in [1.807, 2.05) is 0 Å². The number of fused-ring (bicyclic) bond motifs is 7. The zero-order valence-corrected chi connectivity index (χ0v) is 22.2. The van der Waals surface area contributed by atoms with Crippen molar-refractivity contribution in [2.24, 2.45) is 52.3 Å². The summed E-state index contributed by atoms with van der Waals surface area (Å²) in [5, 5.41) is 0. The van der Waals surface area contributed by atoms with E-state index >= 15 is 0 Å². The smallest absolute Gasteiger partial charge is 0.349 e. The first kappa shape index (κ1) is 24.1. The lowest BCUT2D eigenvalue weighted by Crippen LogP contribution is -2.55. The van der Waals surface area contributed by atoms with Crippen LogP contribution in [0.25, 0.3) is 0 Å². The topological polar surface area (TPSA) is 82.1 Å². The Balaban J connectivity index is 1.20. The largest absolute Gasteiger partial charge is 0.397 e. The van der Waals surface area contributed by atoms with E-state index < -0.39 is 10.4 Å². The van der Waals surface area contributed by atoms with Gasteiger partial charge in [-0.15, -0.1) is 0 Å². The predicted octanol–water partition coefficient (Wildman–Crippen LogP) is 5.62. The van der Waals surface area contributed by atoms with Crippen molar-refractivity contribution in [2.45, 2.75) is 110 Å². The Kier molecular flexibility index (Phi) is 5.61. The molecule has 0 aromatic carbocycles. The lowest BCUT2D eigenvalue weighted by Gasteiger charge is -2.61. The molecule has 0 bridgehead atoms. The molecule has 6 fully saturated rings. The minimum atomic E-state index is -4.38. The third-order valence-electron chi connectivity index (χ3n) is 12.1. The van der Waals surface area contributed by atoms with Gasteiger partial charge in [-0.3, -0.25) is 4.55 Å². The van der Waals surface area contributed by atoms with Crippen LogP contribution in [0.2, 0.25) is 0 Å². The van der Waals surface area contributed by atoms with Crippen molar-refractivity contribution in [1.29, 1.82) is 0 Å². The average Bonchev–Trinajstić information content (AvgIpc) is 3.20. The zero-order chi connectivity index (χ0) is 24.1. The van der Waals surface area contributed by atoms with Gasteiger partial charge in [0.15, 0.2) is 5.79 Å². The van der Waals surface area contributed by atoms with Crippen LogP contribution in [-0.2, 0) is 24.1 Å². The third kappa shape index (κ3) is 3.50. The molecule has 4 saturated carbocycles. The van der Waals surface area contributed by atoms with Crippen LogP contribution in [0.1, 0.15) is 91.9 Å². The summed E-state index contributed by atoms with van der Waals surface area (Å²) in [6, 6.07) is 0. The van der Waals surface area contributed by atoms with E-state index in [9.17, 15) is 13.0 Å². The van der Waals surface area contributed by atoms with E-state index in [0.29, 0.717) is 47.0 Å². The van der Waals surface area contributed by atoms with Crippen molar-refractivity contribution in [3.63, 3.8) is 0 Å². The lowest BCUT2D eigenvalue weighted by molar-refractivity contribution is -0.273. The van der Waals surface area contributed by atoms with Crippen molar-refractivity contribution in [1.82, 2.24) is 0 Å². The molecule has 2 heterocycles. The Bertz CT molecular complexity index is 912. The molecule has 12 atom stereocenters. The highest BCUT2D eigenvalue weighted by Crippen LogP contribution is 2.71. The second-order valence-corrected chi connectivity index (χ2v) is 14.6. The van der Waals surface area contributed by atoms with Crippen LogP contribution >= 0.6 is 0 Å². The first-order valence-corrected chi connectivity index (χ1v) is 15.3. The highest BCUT2D eigenvalue weighted by molar-refractivity contribution is 7.80. The van der Waals surface area contributed by atoms with Gasteiger partial charge in [0, 0.05) is 12.3 Å². The van der Waals surface area contributed by atoms with Gasteiger partial charge in [0.2, 0.25) is 0 Å². The van der Waals surface area contributed by atoms with Gasteiger partial charge in [-0.1, -0.05) is 27.7 Å². The van der Waals surface area contributed by atoms with Gasteiger partial charge in [0.1, 0.15) is 0 Å². The van der Waals surface area contributed by atoms with Crippen LogP contribution in [0.5, 0.6) is 0 Å². The van der Waals surface area contributed by atoms with Crippen molar-refractivity contribution in [2.75, 3.05) is 6.61 Å². The molecule has 1 N–H and O–H groups in total. The molecule has 0 radical (unpaired) electrons. The van der Waals surface area contributed by atoms with E-state index in [2.05, 4.69) is 27.7 Å². The second-order valence-electron chi connectivity index (χ2n) is 13.6. The van der Waals surface area contributed by atoms with Gasteiger partial charge < -0.3 is 9.47 Å². The Hall–Kier alpha value is -0.210. The highest BCUT2D eigenvalue weighted by Gasteiger charge is 2.69. The SMILES string of the molecule is C[C@H]1CC[C@@]2(OC1)OC1CC3C4CCC5C[C@@H](OS(=O)(=O)O)CC[C@]5(C)C4CC[C@]3(C)C1[C@@H]2C. The Morgan fingerprint density at radius 1 is 0.912 bits per heavy atom. The van der Waals surface area contributed by atoms with Crippen molar-refractivity contribution >= 4 is 10.4 Å². The average molecular weight is 497 g/mol.